The second kappa shape index (κ2) is 42.9. The van der Waals surface area contributed by atoms with Gasteiger partial charge in [-0.2, -0.15) is 0 Å². The minimum absolute atomic E-state index is 0. The quantitative estimate of drug-likeness (QED) is 0.0599. The Hall–Kier alpha value is -5.01. The first kappa shape index (κ1) is 99.5. The van der Waals surface area contributed by atoms with Crippen LogP contribution < -0.4 is 19.7 Å². The van der Waals surface area contributed by atoms with E-state index in [4.69, 9.17) is 102 Å². The fourth-order valence-corrected chi connectivity index (χ4v) is 27.5. The van der Waals surface area contributed by atoms with Crippen LogP contribution >= 0.6 is 34.3 Å². The molecule has 14 aliphatic rings. The second-order valence-electron chi connectivity index (χ2n) is 39.5. The first-order chi connectivity index (χ1) is 62.1. The maximum absolute atomic E-state index is 15.3. The Balaban J connectivity index is 0.000000177. The molecule has 18 rings (SSSR count). The van der Waals surface area contributed by atoms with Crippen LogP contribution in [0.4, 0.5) is 5.13 Å². The number of cyclic esters (lactones) is 2. The summed E-state index contributed by atoms with van der Waals surface area (Å²) in [5, 5.41) is 4.78. The summed E-state index contributed by atoms with van der Waals surface area (Å²) in [6.07, 6.45) is 12.1. The number of rotatable bonds is 21. The van der Waals surface area contributed by atoms with Gasteiger partial charge in [0.15, 0.2) is 46.3 Å². The standard InChI is InChI=1S/C49H71N3O11S.C41H66N2O10.C8H6ClNOS.CH4/c1-11-27-13-12-14-37(63-40-18-16-36(51(5)6)25(3)59-40)24(2)44(54)34-22-31-30-19-29(62-48-47(58-10)46(57-9)45(56-8)26(4)60-48)20-33(30)42-43(41(31)32(34)23-39(53)61-27)52(42)49-50-35-21-28(55-7)15-17-38(35)64-49;1-10-23-12-11-13-31(53-33-15-14-30(43(5)6)21(3)49-33)20(2)37(45)29-18-26-25-16-24(52-41-40(48-9)39(47-8)38(46-7)22(4)50-41)17-28(25)35-36(42-35)34(26)27(29)19-32(44)51-23;1-11-5-2-3-7-6(4-5)10-8(9)12-7;/h15,17,21-22,24-27,29-33,36-37,40-43,45-48H,11-14,16,18-20,23H2,1-10H3;18,20-28,30-31,33-36,38-42H,10-17,19H2,1-9H3;2-4H,1H3;1H4/t24-,25?,26?,27+,29+,30+,31+,32-,33-,36+,37+,40+,41-,42+,43-,45+,46?,47+,48+,52?;20-,21?,22?,23+,24+,25+,26+,27-,28-,30+,31+,33+,34-,35+,36-,38+,39?,40+,41+;;/m11../s1. The molecule has 0 radical (unpaired) electrons. The Morgan fingerprint density at radius 2 is 0.923 bits per heavy atom. The molecule has 31 heteroatoms. The summed E-state index contributed by atoms with van der Waals surface area (Å²) in [6.45, 7) is 16.4. The molecule has 6 unspecified atom stereocenters. The van der Waals surface area contributed by atoms with Crippen molar-refractivity contribution in [1.29, 1.82) is 0 Å². The van der Waals surface area contributed by atoms with Gasteiger partial charge in [0.25, 0.3) is 0 Å². The van der Waals surface area contributed by atoms with Gasteiger partial charge in [0.05, 0.1) is 108 Å². The smallest absolute Gasteiger partial charge is 0.306 e. The average molecular weight is 1870 g/mol. The summed E-state index contributed by atoms with van der Waals surface area (Å²) in [5.74, 6) is 1.65. The summed E-state index contributed by atoms with van der Waals surface area (Å²) in [7, 11) is 21.7. The molecule has 1 N–H and O–H groups in total. The fraction of sp³-hybridized carbons (Fsp3) is 0.778. The summed E-state index contributed by atoms with van der Waals surface area (Å²) < 4.78 is 114. The monoisotopic (exact) mass is 1870 g/mol. The van der Waals surface area contributed by atoms with Crippen molar-refractivity contribution in [2.24, 2.45) is 71.0 Å². The Kier molecular flexibility index (Phi) is 32.9. The number of ether oxygens (including phenoxy) is 18. The van der Waals surface area contributed by atoms with Crippen LogP contribution in [0.1, 0.15) is 178 Å². The predicted octanol–water partition coefficient (Wildman–Crippen LogP) is 14.7. The number of aromatic nitrogens is 2. The van der Waals surface area contributed by atoms with Gasteiger partial charge in [-0.3, -0.25) is 19.2 Å². The molecule has 2 aromatic carbocycles. The molecule has 28 nitrogen and oxygen atoms in total. The van der Waals surface area contributed by atoms with E-state index in [1.165, 1.54) is 11.3 Å². The second-order valence-corrected chi connectivity index (χ2v) is 42.1. The number of fused-ring (bicyclic) bond motifs is 18. The van der Waals surface area contributed by atoms with E-state index in [2.05, 4.69) is 99.1 Å². The number of carbonyl (C=O) groups excluding carboxylic acids is 4. The number of methoxy groups -OCH3 is 8. The molecule has 10 heterocycles. The van der Waals surface area contributed by atoms with Gasteiger partial charge in [-0.1, -0.05) is 70.2 Å². The molecule has 4 saturated carbocycles. The number of Topliss-reactive ketones (excluding diaryl/α,β-unsaturated/α-hetero) is 2. The van der Waals surface area contributed by atoms with Gasteiger partial charge in [-0.05, 0) is 241 Å². The van der Waals surface area contributed by atoms with Gasteiger partial charge in [-0.25, -0.2) is 9.97 Å². The van der Waals surface area contributed by atoms with Crippen molar-refractivity contribution in [3.8, 4) is 11.5 Å². The van der Waals surface area contributed by atoms with E-state index in [0.29, 0.717) is 47.3 Å². The Bertz CT molecular complexity index is 4560. The number of nitrogens with zero attached hydrogens (tertiary/aromatic N) is 5. The average Bonchev–Trinajstić information content (AvgIpc) is 1.51. The van der Waals surface area contributed by atoms with E-state index in [-0.39, 0.29) is 213 Å². The van der Waals surface area contributed by atoms with Crippen molar-refractivity contribution < 1.29 is 104 Å². The number of allylic oxidation sites excluding steroid dienone is 4. The molecule has 2 aromatic heterocycles. The summed E-state index contributed by atoms with van der Waals surface area (Å²) in [6, 6.07) is 13.3. The van der Waals surface area contributed by atoms with Crippen molar-refractivity contribution in [1.82, 2.24) is 25.1 Å². The molecular weight excluding hydrogens is 1720 g/mol. The van der Waals surface area contributed by atoms with E-state index in [1.54, 1.807) is 68.2 Å². The zero-order valence-corrected chi connectivity index (χ0v) is 81.6. The number of esters is 2. The normalized spacial score (nSPS) is 41.8. The van der Waals surface area contributed by atoms with Gasteiger partial charge in [-0.15, -0.1) is 11.3 Å². The van der Waals surface area contributed by atoms with Crippen molar-refractivity contribution in [3.63, 3.8) is 0 Å². The number of likely N-dealkylation sites (N-methyl/N-ethyl adjacent to an activating group) is 2. The highest BCUT2D eigenvalue weighted by Gasteiger charge is 2.71. The lowest BCUT2D eigenvalue weighted by molar-refractivity contribution is -0.314. The maximum atomic E-state index is 15.3. The number of thiazole rings is 2. The molecule has 8 saturated heterocycles. The Labute approximate surface area is 782 Å². The summed E-state index contributed by atoms with van der Waals surface area (Å²) >= 11 is 8.90. The number of nitrogens with one attached hydrogen (secondary N) is 1. The molecule has 12 fully saturated rings. The van der Waals surface area contributed by atoms with Crippen LogP contribution in [-0.2, 0) is 95.0 Å². The fourth-order valence-electron chi connectivity index (χ4n) is 25.5. The summed E-state index contributed by atoms with van der Waals surface area (Å²) in [4.78, 5) is 74.1. The van der Waals surface area contributed by atoms with Gasteiger partial charge in [0.1, 0.15) is 60.3 Å². The van der Waals surface area contributed by atoms with Crippen LogP contribution in [0, 0.1) is 71.0 Å². The highest BCUT2D eigenvalue weighted by atomic mass is 35.5. The maximum Gasteiger partial charge on any atom is 0.306 e. The summed E-state index contributed by atoms with van der Waals surface area (Å²) in [5.41, 5.74) is 3.35. The van der Waals surface area contributed by atoms with E-state index in [0.717, 1.165) is 138 Å². The number of hydrogen-bond donors (Lipinski definition) is 1. The largest absolute Gasteiger partial charge is 0.497 e. The number of hydrogen-bond acceptors (Lipinski definition) is 30. The number of benzene rings is 2. The predicted molar refractivity (Wildman–Crippen MR) is 495 cm³/mol. The van der Waals surface area contributed by atoms with E-state index < -0.39 is 30.7 Å². The van der Waals surface area contributed by atoms with E-state index >= 15 is 4.79 Å². The third-order valence-corrected chi connectivity index (χ3v) is 34.2. The third kappa shape index (κ3) is 20.5. The highest BCUT2D eigenvalue weighted by molar-refractivity contribution is 7.22. The van der Waals surface area contributed by atoms with Crippen LogP contribution in [0.15, 0.2) is 59.7 Å². The molecule has 724 valence electrons. The van der Waals surface area contributed by atoms with Crippen molar-refractivity contribution in [3.05, 3.63) is 64.2 Å². The first-order valence-electron chi connectivity index (χ1n) is 47.9. The number of ketones is 2. The number of anilines is 1. The van der Waals surface area contributed by atoms with E-state index in [1.807, 2.05) is 58.0 Å². The van der Waals surface area contributed by atoms with Gasteiger partial charge in [0, 0.05) is 103 Å². The molecule has 0 spiro atoms. The molecule has 0 amide bonds. The van der Waals surface area contributed by atoms with Crippen LogP contribution in [0.25, 0.3) is 20.4 Å². The molecule has 8 aliphatic heterocycles. The van der Waals surface area contributed by atoms with Crippen molar-refractivity contribution >= 4 is 83.3 Å². The highest BCUT2D eigenvalue weighted by Crippen LogP contribution is 2.66. The van der Waals surface area contributed by atoms with Crippen LogP contribution in [-0.4, -0.2) is 287 Å². The third-order valence-electron chi connectivity index (χ3n) is 32.0. The minimum Gasteiger partial charge on any atom is -0.497 e. The van der Waals surface area contributed by atoms with E-state index in [9.17, 15) is 14.4 Å². The van der Waals surface area contributed by atoms with Crippen molar-refractivity contribution in [2.45, 2.75) is 337 Å². The Morgan fingerprint density at radius 1 is 0.485 bits per heavy atom. The van der Waals surface area contributed by atoms with Gasteiger partial charge >= 0.3 is 11.9 Å². The van der Waals surface area contributed by atoms with Crippen molar-refractivity contribution in [2.75, 3.05) is 90.0 Å². The molecular formula is C99H147ClN6O22S2. The van der Waals surface area contributed by atoms with Crippen LogP contribution in [0.3, 0.4) is 0 Å². The van der Waals surface area contributed by atoms with Gasteiger partial charge in [0.2, 0.25) is 0 Å². The minimum atomic E-state index is -0.648. The molecule has 0 bridgehead atoms. The van der Waals surface area contributed by atoms with Crippen LogP contribution in [0.2, 0.25) is 4.47 Å². The lowest BCUT2D eigenvalue weighted by atomic mass is 9.66. The molecule has 6 aliphatic carbocycles. The lowest BCUT2D eigenvalue weighted by Gasteiger charge is -2.44. The zero-order chi connectivity index (χ0) is 91.4. The SMILES string of the molecule is C.CC[C@H]1CCC[C@H](O[C@H]2CC[C@H](N(C)C)C(C)O2)[C@@H](C)C(=O)C2=C[C@H]3[C@@H]4C[C@H](O[C@@H]5OC(C)[C@H](OC)C(OC)[C@@H]5OC)C[C@H]4[C@@H]4N[C@@H]4[C@H]3[C@@H]2CC(=O)O1.CC[C@H]1CCC[C@H](O[C@H]2CC[C@H](N(C)C)C(C)O2)[C@@H](C)C(=O)C2=C[C@H]3[C@@H]4C[C@H](O[C@@H]5OC(C)[C@H](OC)C(OC)[C@@H]5OC)C[C@H]4[C@H]4[C@@H]([C@H]3[C@@H]2CC(=O)O1)N4c1nc2cc(OC)ccc2s1.COc1ccc2sc(Cl)nc2c1. The molecule has 4 aromatic rings. The first-order valence-corrected chi connectivity index (χ1v) is 49.9. The topological polar surface area (TPSA) is 292 Å². The zero-order valence-electron chi connectivity index (χ0n) is 79.2. The lowest BCUT2D eigenvalue weighted by Crippen LogP contribution is -2.59. The number of carbonyl (C=O) groups is 4. The molecule has 130 heavy (non-hydrogen) atoms. The van der Waals surface area contributed by atoms with Gasteiger partial charge < -0.3 is 105 Å². The van der Waals surface area contributed by atoms with Crippen LogP contribution in [0.5, 0.6) is 11.5 Å². The Morgan fingerprint density at radius 3 is 1.38 bits per heavy atom. The molecule has 38 atom stereocenters. The number of halogens is 1.